The first-order valence-corrected chi connectivity index (χ1v) is 7.31. The lowest BCUT2D eigenvalue weighted by Gasteiger charge is -1.95. The number of halogens is 1. The maximum absolute atomic E-state index is 5.25. The molecule has 1 aliphatic heterocycles. The molecule has 0 amide bonds. The molecule has 4 rings (SSSR count). The van der Waals surface area contributed by atoms with E-state index < -0.39 is 0 Å². The number of para-hydroxylation sites is 2. The van der Waals surface area contributed by atoms with Crippen LogP contribution < -0.4 is 32.4 Å². The summed E-state index contributed by atoms with van der Waals surface area (Å²) in [7, 11) is 5.55. The zero-order valence-corrected chi connectivity index (χ0v) is 14.3. The van der Waals surface area contributed by atoms with Crippen LogP contribution in [0, 0.1) is 0 Å². The second kappa shape index (κ2) is 6.05. The van der Waals surface area contributed by atoms with Gasteiger partial charge in [0, 0.05) is 13.1 Å². The van der Waals surface area contributed by atoms with Crippen molar-refractivity contribution in [3.05, 3.63) is 53.2 Å². The molecule has 6 nitrogen and oxygen atoms in total. The molecule has 0 atom stereocenters. The van der Waals surface area contributed by atoms with Gasteiger partial charge in [-0.3, -0.25) is 4.57 Å². The van der Waals surface area contributed by atoms with Gasteiger partial charge in [0.25, 0.3) is 0 Å². The minimum Gasteiger partial charge on any atom is -1.00 e. The normalized spacial score (nSPS) is 14.5. The summed E-state index contributed by atoms with van der Waals surface area (Å²) in [5.41, 5.74) is 1.97. The molecule has 0 aliphatic carbocycles. The van der Waals surface area contributed by atoms with Crippen molar-refractivity contribution in [2.45, 2.75) is 0 Å². The number of imidazole rings is 1. The summed E-state index contributed by atoms with van der Waals surface area (Å²) in [6.45, 7) is 0. The largest absolute Gasteiger partial charge is 1.00 e. The van der Waals surface area contributed by atoms with Gasteiger partial charge in [-0.15, -0.1) is 0 Å². The van der Waals surface area contributed by atoms with Crippen molar-refractivity contribution in [3.63, 3.8) is 0 Å². The summed E-state index contributed by atoms with van der Waals surface area (Å²) < 4.78 is 9.17. The number of hydrogen-bond acceptors (Lipinski definition) is 3. The van der Waals surface area contributed by atoms with Crippen LogP contribution in [0.15, 0.2) is 52.4 Å². The van der Waals surface area contributed by atoms with E-state index in [1.54, 1.807) is 7.11 Å². The molecular formula is C17H16ClN5O. The molecule has 0 saturated heterocycles. The second-order valence-electron chi connectivity index (χ2n) is 5.40. The fourth-order valence-corrected chi connectivity index (χ4v) is 2.72. The van der Waals surface area contributed by atoms with Gasteiger partial charge in [-0.25, -0.2) is 4.58 Å². The third-order valence-corrected chi connectivity index (χ3v) is 4.03. The summed E-state index contributed by atoms with van der Waals surface area (Å²) in [5, 5.41) is 1.85. The molecule has 0 N–H and O–H groups in total. The molecule has 3 aromatic rings. The molecule has 1 aromatic heterocycles. The Morgan fingerprint density at radius 1 is 1.17 bits per heavy atom. The SMILES string of the molecule is COc1ccc2c(c1)=NC(=Nc1nc3ccccc3n1C)[N+]=2C.[Cl-]. The standard InChI is InChI=1S/C17H16N5O.ClH/c1-21-14-7-5-4-6-12(14)18-16(21)20-17-19-13-10-11(23-3)8-9-15(13)22(17)2;/h4-10H,1-3H3;1H/q+1;/p-1. The van der Waals surface area contributed by atoms with Gasteiger partial charge in [0.2, 0.25) is 0 Å². The number of hydrogen-bond donors (Lipinski definition) is 0. The molecule has 7 heteroatoms. The van der Waals surface area contributed by atoms with Gasteiger partial charge in [-0.05, 0) is 29.3 Å². The Bertz CT molecular complexity index is 1080. The molecule has 0 bridgehead atoms. The third kappa shape index (κ3) is 2.45. The van der Waals surface area contributed by atoms with Crippen molar-refractivity contribution in [1.82, 2.24) is 14.1 Å². The molecule has 0 radical (unpaired) electrons. The van der Waals surface area contributed by atoms with Crippen LogP contribution in [-0.2, 0) is 7.05 Å². The second-order valence-corrected chi connectivity index (χ2v) is 5.40. The van der Waals surface area contributed by atoms with Gasteiger partial charge < -0.3 is 17.1 Å². The van der Waals surface area contributed by atoms with Gasteiger partial charge >= 0.3 is 11.9 Å². The van der Waals surface area contributed by atoms with Gasteiger partial charge in [-0.2, -0.15) is 4.98 Å². The highest BCUT2D eigenvalue weighted by molar-refractivity contribution is 5.86. The van der Waals surface area contributed by atoms with Crippen molar-refractivity contribution in [2.75, 3.05) is 14.2 Å². The third-order valence-electron chi connectivity index (χ3n) is 4.03. The number of aryl methyl sites for hydroxylation is 1. The van der Waals surface area contributed by atoms with Crippen molar-refractivity contribution in [3.8, 4) is 5.75 Å². The van der Waals surface area contributed by atoms with Gasteiger partial charge in [0.1, 0.15) is 11.1 Å². The van der Waals surface area contributed by atoms with E-state index in [0.717, 1.165) is 27.5 Å². The van der Waals surface area contributed by atoms with Crippen LogP contribution in [0.3, 0.4) is 0 Å². The maximum Gasteiger partial charge on any atom is 0.437 e. The molecule has 0 fully saturated rings. The number of guanidine groups is 1. The average molecular weight is 342 g/mol. The zero-order chi connectivity index (χ0) is 16.0. The first-order chi connectivity index (χ1) is 11.2. The Morgan fingerprint density at radius 2 is 1.96 bits per heavy atom. The summed E-state index contributed by atoms with van der Waals surface area (Å²) in [6, 6.07) is 13.8. The predicted octanol–water partition coefficient (Wildman–Crippen LogP) is -1.97. The topological polar surface area (TPSA) is 54.8 Å². The van der Waals surface area contributed by atoms with Gasteiger partial charge in [0.15, 0.2) is 5.36 Å². The summed E-state index contributed by atoms with van der Waals surface area (Å²) in [6.07, 6.45) is 0. The molecule has 0 spiro atoms. The zero-order valence-electron chi connectivity index (χ0n) is 13.6. The minimum absolute atomic E-state index is 0. The number of aliphatic imine (C=N–C) groups is 1. The molecular weight excluding hydrogens is 326 g/mol. The molecule has 1 aliphatic rings. The Hall–Kier alpha value is -2.73. The van der Waals surface area contributed by atoms with Crippen LogP contribution >= 0.6 is 0 Å². The van der Waals surface area contributed by atoms with Crippen LogP contribution in [-0.4, -0.2) is 29.7 Å². The highest BCUT2D eigenvalue weighted by Crippen LogP contribution is 2.20. The van der Waals surface area contributed by atoms with Gasteiger partial charge in [0.05, 0.1) is 25.2 Å². The number of aromatic nitrogens is 2. The molecule has 0 unspecified atom stereocenters. The Balaban J connectivity index is 0.00000169. The lowest BCUT2D eigenvalue weighted by Crippen LogP contribution is -3.00. The number of rotatable bonds is 2. The van der Waals surface area contributed by atoms with E-state index in [4.69, 9.17) is 4.74 Å². The highest BCUT2D eigenvalue weighted by Gasteiger charge is 2.21. The van der Waals surface area contributed by atoms with E-state index >= 15 is 0 Å². The molecule has 0 saturated carbocycles. The molecule has 2 aromatic carbocycles. The van der Waals surface area contributed by atoms with Gasteiger partial charge in [-0.1, -0.05) is 17.1 Å². The number of ether oxygens (including phenoxy) is 1. The van der Waals surface area contributed by atoms with E-state index in [0.29, 0.717) is 11.9 Å². The lowest BCUT2D eigenvalue weighted by atomic mass is 10.3. The monoisotopic (exact) mass is 341 g/mol. The number of fused-ring (bicyclic) bond motifs is 2. The lowest BCUT2D eigenvalue weighted by molar-refractivity contribution is -0.00000524. The van der Waals surface area contributed by atoms with E-state index in [9.17, 15) is 0 Å². The molecule has 122 valence electrons. The minimum atomic E-state index is 0. The Labute approximate surface area is 144 Å². The fourth-order valence-electron chi connectivity index (χ4n) is 2.72. The van der Waals surface area contributed by atoms with Crippen LogP contribution in [0.4, 0.5) is 5.95 Å². The molecule has 2 heterocycles. The smallest absolute Gasteiger partial charge is 0.437 e. The van der Waals surface area contributed by atoms with E-state index in [-0.39, 0.29) is 12.4 Å². The van der Waals surface area contributed by atoms with E-state index in [2.05, 4.69) is 15.0 Å². The molecule has 24 heavy (non-hydrogen) atoms. The highest BCUT2D eigenvalue weighted by atomic mass is 35.5. The number of benzene rings is 2. The fraction of sp³-hybridized carbons (Fsp3) is 0.176. The van der Waals surface area contributed by atoms with Crippen LogP contribution in [0.5, 0.6) is 5.75 Å². The van der Waals surface area contributed by atoms with Crippen LogP contribution in [0.1, 0.15) is 0 Å². The predicted molar refractivity (Wildman–Crippen MR) is 88.7 cm³/mol. The maximum atomic E-state index is 5.25. The summed E-state index contributed by atoms with van der Waals surface area (Å²) >= 11 is 0. The quantitative estimate of drug-likeness (QED) is 0.508. The van der Waals surface area contributed by atoms with E-state index in [1.807, 2.05) is 65.7 Å². The Kier molecular flexibility index (Phi) is 4.07. The van der Waals surface area contributed by atoms with Crippen LogP contribution in [0.2, 0.25) is 0 Å². The number of methoxy groups -OCH3 is 1. The summed E-state index contributed by atoms with van der Waals surface area (Å²) in [4.78, 5) is 13.8. The van der Waals surface area contributed by atoms with Crippen molar-refractivity contribution >= 4 is 22.9 Å². The van der Waals surface area contributed by atoms with Crippen molar-refractivity contribution in [1.29, 1.82) is 0 Å². The first-order valence-electron chi connectivity index (χ1n) is 7.31. The van der Waals surface area contributed by atoms with Crippen molar-refractivity contribution in [2.24, 2.45) is 17.0 Å². The summed E-state index contributed by atoms with van der Waals surface area (Å²) in [5.74, 6) is 2.04. The van der Waals surface area contributed by atoms with Crippen molar-refractivity contribution < 1.29 is 17.1 Å². The van der Waals surface area contributed by atoms with E-state index in [1.165, 1.54) is 0 Å². The van der Waals surface area contributed by atoms with Crippen LogP contribution in [0.25, 0.3) is 11.0 Å². The number of nitrogens with zero attached hydrogens (tertiary/aromatic N) is 5. The average Bonchev–Trinajstić information content (AvgIpc) is 3.06. The Morgan fingerprint density at radius 3 is 2.71 bits per heavy atom. The first kappa shape index (κ1) is 16.1.